The van der Waals surface area contributed by atoms with Crippen molar-refractivity contribution in [3.8, 4) is 11.4 Å². The lowest BCUT2D eigenvalue weighted by molar-refractivity contribution is 0.397. The fourth-order valence-corrected chi connectivity index (χ4v) is 2.39. The molecule has 0 fully saturated rings. The molecule has 1 aromatic carbocycles. The van der Waals surface area contributed by atoms with E-state index in [1.54, 1.807) is 13.2 Å². The number of H-pyrrole nitrogens is 1. The van der Waals surface area contributed by atoms with Crippen molar-refractivity contribution < 1.29 is 4.74 Å². The van der Waals surface area contributed by atoms with Crippen LogP contribution in [0.5, 0.6) is 5.75 Å². The monoisotopic (exact) mass is 308 g/mol. The second-order valence-electron chi connectivity index (χ2n) is 5.74. The summed E-state index contributed by atoms with van der Waals surface area (Å²) in [4.78, 5) is 25.3. The summed E-state index contributed by atoms with van der Waals surface area (Å²) in [6.07, 6.45) is 1.42. The number of aromatic nitrogens is 2. The van der Waals surface area contributed by atoms with E-state index in [0.717, 1.165) is 5.56 Å². The predicted molar refractivity (Wildman–Crippen MR) is 82.9 cm³/mol. The summed E-state index contributed by atoms with van der Waals surface area (Å²) in [5.74, 6) is 0.588. The van der Waals surface area contributed by atoms with Crippen molar-refractivity contribution in [3.63, 3.8) is 0 Å². The molecule has 0 unspecified atom stereocenters. The van der Waals surface area contributed by atoms with Crippen LogP contribution in [0.3, 0.4) is 0 Å². The molecule has 2 aromatic rings. The lowest BCUT2D eigenvalue weighted by atomic mass is 9.86. The molecule has 1 aromatic heterocycles. The molecule has 0 amide bonds. The number of nitrogens with zero attached hydrogens (tertiary/aromatic N) is 1. The Morgan fingerprint density at radius 2 is 1.90 bits per heavy atom. The number of aromatic amines is 1. The van der Waals surface area contributed by atoms with Crippen LogP contribution in [0.1, 0.15) is 26.3 Å². The van der Waals surface area contributed by atoms with Crippen LogP contribution in [0.4, 0.5) is 0 Å². The average Bonchev–Trinajstić information content (AvgIpc) is 2.36. The third-order valence-electron chi connectivity index (χ3n) is 3.14. The number of benzene rings is 1. The second kappa shape index (κ2) is 5.41. The highest BCUT2D eigenvalue weighted by molar-refractivity contribution is 6.32. The molecule has 112 valence electrons. The summed E-state index contributed by atoms with van der Waals surface area (Å²) < 4.78 is 6.70. The first-order chi connectivity index (χ1) is 9.74. The molecule has 0 atom stereocenters. The van der Waals surface area contributed by atoms with E-state index in [-0.39, 0.29) is 5.41 Å². The molecule has 6 heteroatoms. The van der Waals surface area contributed by atoms with Gasteiger partial charge in [-0.15, -0.1) is 0 Å². The molecule has 0 spiro atoms. The average molecular weight is 309 g/mol. The Bertz CT molecular complexity index is 785. The molecule has 1 heterocycles. The van der Waals surface area contributed by atoms with Crippen LogP contribution >= 0.6 is 11.6 Å². The molecule has 0 saturated carbocycles. The Hall–Kier alpha value is -2.01. The summed E-state index contributed by atoms with van der Waals surface area (Å²) >= 11 is 6.26. The first-order valence-corrected chi connectivity index (χ1v) is 6.82. The van der Waals surface area contributed by atoms with Crippen LogP contribution in [0.15, 0.2) is 34.0 Å². The van der Waals surface area contributed by atoms with Gasteiger partial charge in [0.1, 0.15) is 5.75 Å². The maximum absolute atomic E-state index is 11.9. The van der Waals surface area contributed by atoms with Crippen LogP contribution < -0.4 is 16.0 Å². The molecule has 2 rings (SSSR count). The fourth-order valence-electron chi connectivity index (χ4n) is 2.10. The number of methoxy groups -OCH3 is 1. The fraction of sp³-hybridized carbons (Fsp3) is 0.333. The molecule has 0 aliphatic heterocycles. The smallest absolute Gasteiger partial charge is 0.332 e. The maximum Gasteiger partial charge on any atom is 0.332 e. The molecule has 5 nitrogen and oxygen atoms in total. The lowest BCUT2D eigenvalue weighted by Gasteiger charge is -2.24. The summed E-state index contributed by atoms with van der Waals surface area (Å²) in [5.41, 5.74) is 0.296. The minimum absolute atomic E-state index is 0.212. The van der Waals surface area contributed by atoms with Gasteiger partial charge >= 0.3 is 5.69 Å². The molecule has 0 aliphatic rings. The third-order valence-corrected chi connectivity index (χ3v) is 3.42. The van der Waals surface area contributed by atoms with E-state index < -0.39 is 11.2 Å². The number of hydrogen-bond donors (Lipinski definition) is 1. The van der Waals surface area contributed by atoms with Gasteiger partial charge in [-0.3, -0.25) is 14.3 Å². The molecular formula is C15H17ClN2O3. The largest absolute Gasteiger partial charge is 0.495 e. The maximum atomic E-state index is 11.9. The normalized spacial score (nSPS) is 11.5. The van der Waals surface area contributed by atoms with Gasteiger partial charge in [0.2, 0.25) is 0 Å². The number of hydrogen-bond acceptors (Lipinski definition) is 3. The zero-order valence-corrected chi connectivity index (χ0v) is 13.1. The number of halogens is 1. The molecule has 0 aliphatic carbocycles. The number of ether oxygens (including phenoxy) is 1. The Morgan fingerprint density at radius 1 is 1.24 bits per heavy atom. The molecule has 0 bridgehead atoms. The number of nitrogens with one attached hydrogen (secondary N) is 1. The van der Waals surface area contributed by atoms with Gasteiger partial charge in [0, 0.05) is 17.8 Å². The van der Waals surface area contributed by atoms with E-state index in [0.29, 0.717) is 16.5 Å². The zero-order valence-electron chi connectivity index (χ0n) is 12.4. The summed E-state index contributed by atoms with van der Waals surface area (Å²) in [6, 6.07) is 4.76. The van der Waals surface area contributed by atoms with E-state index in [1.807, 2.05) is 26.8 Å². The highest BCUT2D eigenvalue weighted by Gasteiger charge is 2.22. The molecular weight excluding hydrogens is 292 g/mol. The molecule has 21 heavy (non-hydrogen) atoms. The Balaban J connectivity index is 2.75. The second-order valence-corrected chi connectivity index (χ2v) is 6.15. The Morgan fingerprint density at radius 3 is 2.43 bits per heavy atom. The number of rotatable bonds is 2. The highest BCUT2D eigenvalue weighted by atomic mass is 35.5. The van der Waals surface area contributed by atoms with E-state index >= 15 is 0 Å². The van der Waals surface area contributed by atoms with Gasteiger partial charge < -0.3 is 4.74 Å². The van der Waals surface area contributed by atoms with Gasteiger partial charge in [-0.2, -0.15) is 0 Å². The molecule has 0 saturated heterocycles. The minimum atomic E-state index is -0.511. The lowest BCUT2D eigenvalue weighted by Crippen LogP contribution is -2.27. The van der Waals surface area contributed by atoms with Crippen LogP contribution in [0, 0.1) is 0 Å². The Labute approximate surface area is 127 Å². The van der Waals surface area contributed by atoms with Crippen molar-refractivity contribution in [2.75, 3.05) is 7.11 Å². The third kappa shape index (κ3) is 3.03. The van der Waals surface area contributed by atoms with E-state index in [4.69, 9.17) is 16.3 Å². The van der Waals surface area contributed by atoms with Crippen molar-refractivity contribution in [1.82, 2.24) is 9.55 Å². The first kappa shape index (κ1) is 15.4. The quantitative estimate of drug-likeness (QED) is 0.927. The van der Waals surface area contributed by atoms with Crippen molar-refractivity contribution in [3.05, 3.63) is 55.8 Å². The van der Waals surface area contributed by atoms with Gasteiger partial charge in [0.05, 0.1) is 17.8 Å². The van der Waals surface area contributed by atoms with Crippen LogP contribution in [-0.2, 0) is 5.41 Å². The van der Waals surface area contributed by atoms with E-state index in [9.17, 15) is 9.59 Å². The summed E-state index contributed by atoms with van der Waals surface area (Å²) in [6.45, 7) is 6.09. The van der Waals surface area contributed by atoms with Gasteiger partial charge in [0.15, 0.2) is 0 Å². The first-order valence-electron chi connectivity index (χ1n) is 6.44. The topological polar surface area (TPSA) is 64.1 Å². The van der Waals surface area contributed by atoms with Crippen molar-refractivity contribution >= 4 is 11.6 Å². The molecule has 1 N–H and O–H groups in total. The van der Waals surface area contributed by atoms with Crippen molar-refractivity contribution in [1.29, 1.82) is 0 Å². The summed E-state index contributed by atoms with van der Waals surface area (Å²) in [7, 11) is 1.56. The zero-order chi connectivity index (χ0) is 15.8. The van der Waals surface area contributed by atoms with Crippen LogP contribution in [0.25, 0.3) is 5.69 Å². The highest BCUT2D eigenvalue weighted by Crippen LogP contribution is 2.38. The van der Waals surface area contributed by atoms with Crippen LogP contribution in [-0.4, -0.2) is 16.7 Å². The minimum Gasteiger partial charge on any atom is -0.495 e. The SMILES string of the molecule is COc1c(Cl)cc(-n2ccc(=O)[nH]c2=O)cc1C(C)(C)C. The Kier molecular flexibility index (Phi) is 3.96. The van der Waals surface area contributed by atoms with E-state index in [1.165, 1.54) is 16.8 Å². The standard InChI is InChI=1S/C15H17ClN2O3/c1-15(2,3)10-7-9(8-11(16)13(10)21-4)18-6-5-12(19)17-14(18)20/h5-8H,1-4H3,(H,17,19,20). The van der Waals surface area contributed by atoms with Gasteiger partial charge in [0.25, 0.3) is 5.56 Å². The van der Waals surface area contributed by atoms with Crippen molar-refractivity contribution in [2.24, 2.45) is 0 Å². The van der Waals surface area contributed by atoms with Gasteiger partial charge in [-0.05, 0) is 17.5 Å². The van der Waals surface area contributed by atoms with Crippen LogP contribution in [0.2, 0.25) is 5.02 Å². The van der Waals surface area contributed by atoms with Gasteiger partial charge in [-0.25, -0.2) is 4.79 Å². The summed E-state index contributed by atoms with van der Waals surface area (Å²) in [5, 5.41) is 0.415. The predicted octanol–water partition coefficient (Wildman–Crippen LogP) is 2.49. The van der Waals surface area contributed by atoms with E-state index in [2.05, 4.69) is 4.98 Å². The van der Waals surface area contributed by atoms with Gasteiger partial charge in [-0.1, -0.05) is 32.4 Å². The molecule has 0 radical (unpaired) electrons. The van der Waals surface area contributed by atoms with Crippen molar-refractivity contribution in [2.45, 2.75) is 26.2 Å².